The van der Waals surface area contributed by atoms with Gasteiger partial charge in [-0.25, -0.2) is 0 Å². The lowest BCUT2D eigenvalue weighted by molar-refractivity contribution is 0.102. The molecule has 2 aromatic heterocycles. The van der Waals surface area contributed by atoms with Crippen molar-refractivity contribution < 1.29 is 4.79 Å². The van der Waals surface area contributed by atoms with E-state index < -0.39 is 0 Å². The summed E-state index contributed by atoms with van der Waals surface area (Å²) < 4.78 is 2.12. The normalized spacial score (nSPS) is 15.4. The average Bonchev–Trinajstić information content (AvgIpc) is 3.05. The molecule has 5 nitrogen and oxygen atoms in total. The standard InChI is InChI=1S/C21H24N4O/c1-16-4-3-5-18(14-16)22-21(26)17-6-7-19-8-9-20(25(19)15-17)24-12-10-23(2)11-13-24/h3-9,14-15H,10-13H2,1-2H3,(H,22,26). The molecule has 0 unspecified atom stereocenters. The van der Waals surface area contributed by atoms with Crippen LogP contribution in [0, 0.1) is 6.92 Å². The highest BCUT2D eigenvalue weighted by molar-refractivity contribution is 6.04. The first-order valence-corrected chi connectivity index (χ1v) is 9.03. The van der Waals surface area contributed by atoms with Crippen molar-refractivity contribution in [3.05, 3.63) is 65.9 Å². The molecule has 1 aliphatic heterocycles. The van der Waals surface area contributed by atoms with Crippen molar-refractivity contribution in [2.75, 3.05) is 43.4 Å². The van der Waals surface area contributed by atoms with Gasteiger partial charge in [0.05, 0.1) is 5.56 Å². The minimum atomic E-state index is -0.0875. The number of aryl methyl sites for hydroxylation is 1. The fraction of sp³-hybridized carbons (Fsp3) is 0.286. The van der Waals surface area contributed by atoms with E-state index in [-0.39, 0.29) is 5.91 Å². The SMILES string of the molecule is Cc1cccc(NC(=O)c2ccc3ccc(N4CCN(C)CC4)n3c2)c1. The van der Waals surface area contributed by atoms with Gasteiger partial charge >= 0.3 is 0 Å². The van der Waals surface area contributed by atoms with Crippen molar-refractivity contribution in [3.8, 4) is 0 Å². The van der Waals surface area contributed by atoms with Crippen LogP contribution in [-0.4, -0.2) is 48.4 Å². The predicted molar refractivity (Wildman–Crippen MR) is 106 cm³/mol. The summed E-state index contributed by atoms with van der Waals surface area (Å²) in [5.41, 5.74) is 3.71. The molecule has 0 aliphatic carbocycles. The van der Waals surface area contributed by atoms with Gasteiger partial charge in [-0.2, -0.15) is 0 Å². The summed E-state index contributed by atoms with van der Waals surface area (Å²) in [5, 5.41) is 2.99. The molecule has 5 heteroatoms. The zero-order valence-corrected chi connectivity index (χ0v) is 15.3. The maximum atomic E-state index is 12.7. The molecule has 1 aliphatic rings. The van der Waals surface area contributed by atoms with Gasteiger partial charge in [0.2, 0.25) is 0 Å². The summed E-state index contributed by atoms with van der Waals surface area (Å²) in [6, 6.07) is 16.0. The smallest absolute Gasteiger partial charge is 0.257 e. The van der Waals surface area contributed by atoms with E-state index in [1.807, 2.05) is 49.5 Å². The Balaban J connectivity index is 1.60. The molecule has 4 rings (SSSR count). The third kappa shape index (κ3) is 3.30. The van der Waals surface area contributed by atoms with Gasteiger partial charge in [0, 0.05) is 43.6 Å². The average molecular weight is 348 g/mol. The monoisotopic (exact) mass is 348 g/mol. The molecule has 26 heavy (non-hydrogen) atoms. The largest absolute Gasteiger partial charge is 0.355 e. The zero-order chi connectivity index (χ0) is 18.1. The first-order valence-electron chi connectivity index (χ1n) is 9.03. The van der Waals surface area contributed by atoms with Gasteiger partial charge in [-0.1, -0.05) is 12.1 Å². The lowest BCUT2D eigenvalue weighted by Crippen LogP contribution is -2.44. The summed E-state index contributed by atoms with van der Waals surface area (Å²) in [6.45, 7) is 6.13. The molecule has 3 heterocycles. The molecule has 0 bridgehead atoms. The number of nitrogens with one attached hydrogen (secondary N) is 1. The molecule has 1 amide bonds. The number of aromatic nitrogens is 1. The lowest BCUT2D eigenvalue weighted by Gasteiger charge is -2.33. The highest BCUT2D eigenvalue weighted by atomic mass is 16.1. The Hall–Kier alpha value is -2.79. The van der Waals surface area contributed by atoms with Crippen LogP contribution in [0.25, 0.3) is 5.52 Å². The van der Waals surface area contributed by atoms with Gasteiger partial charge in [-0.05, 0) is 55.9 Å². The van der Waals surface area contributed by atoms with Crippen LogP contribution in [0.1, 0.15) is 15.9 Å². The van der Waals surface area contributed by atoms with Crippen LogP contribution in [0.4, 0.5) is 11.5 Å². The molecule has 0 spiro atoms. The third-order valence-corrected chi connectivity index (χ3v) is 5.00. The number of carbonyl (C=O) groups is 1. The number of hydrogen-bond donors (Lipinski definition) is 1. The van der Waals surface area contributed by atoms with Gasteiger partial charge < -0.3 is 19.5 Å². The number of carbonyl (C=O) groups excluding carboxylic acids is 1. The van der Waals surface area contributed by atoms with Gasteiger partial charge in [0.15, 0.2) is 0 Å². The maximum Gasteiger partial charge on any atom is 0.257 e. The van der Waals surface area contributed by atoms with Crippen molar-refractivity contribution in [1.29, 1.82) is 0 Å². The van der Waals surface area contributed by atoms with Crippen molar-refractivity contribution in [2.24, 2.45) is 0 Å². The molecular formula is C21H24N4O. The lowest BCUT2D eigenvalue weighted by atomic mass is 10.2. The van der Waals surface area contributed by atoms with Crippen LogP contribution < -0.4 is 10.2 Å². The minimum Gasteiger partial charge on any atom is -0.355 e. The molecule has 0 atom stereocenters. The molecule has 0 saturated carbocycles. The van der Waals surface area contributed by atoms with Crippen molar-refractivity contribution in [1.82, 2.24) is 9.30 Å². The van der Waals surface area contributed by atoms with Gasteiger partial charge in [-0.15, -0.1) is 0 Å². The van der Waals surface area contributed by atoms with E-state index in [1.54, 1.807) is 0 Å². The highest BCUT2D eigenvalue weighted by Crippen LogP contribution is 2.22. The van der Waals surface area contributed by atoms with Crippen molar-refractivity contribution in [2.45, 2.75) is 6.92 Å². The number of fused-ring (bicyclic) bond motifs is 1. The van der Waals surface area contributed by atoms with E-state index in [2.05, 4.69) is 38.7 Å². The van der Waals surface area contributed by atoms with E-state index in [9.17, 15) is 4.79 Å². The second-order valence-corrected chi connectivity index (χ2v) is 7.02. The summed E-state index contributed by atoms with van der Waals surface area (Å²) in [4.78, 5) is 17.4. The predicted octanol–water partition coefficient (Wildman–Crippen LogP) is 3.25. The Labute approximate surface area is 153 Å². The first-order chi connectivity index (χ1) is 12.6. The second kappa shape index (κ2) is 6.84. The number of amides is 1. The summed E-state index contributed by atoms with van der Waals surface area (Å²) >= 11 is 0. The van der Waals surface area contributed by atoms with E-state index >= 15 is 0 Å². The topological polar surface area (TPSA) is 40.0 Å². The summed E-state index contributed by atoms with van der Waals surface area (Å²) in [7, 11) is 2.15. The number of benzene rings is 1. The Morgan fingerprint density at radius 3 is 2.54 bits per heavy atom. The molecule has 1 N–H and O–H groups in total. The Bertz CT molecular complexity index is 938. The molecule has 1 saturated heterocycles. The van der Waals surface area contributed by atoms with Gasteiger partial charge in [0.1, 0.15) is 5.82 Å². The van der Waals surface area contributed by atoms with Crippen LogP contribution in [-0.2, 0) is 0 Å². The van der Waals surface area contributed by atoms with E-state index in [0.29, 0.717) is 5.56 Å². The number of rotatable bonds is 3. The molecule has 0 radical (unpaired) electrons. The van der Waals surface area contributed by atoms with E-state index in [4.69, 9.17) is 0 Å². The van der Waals surface area contributed by atoms with Gasteiger partial charge in [0.25, 0.3) is 5.91 Å². The number of anilines is 2. The number of nitrogens with zero attached hydrogens (tertiary/aromatic N) is 3. The fourth-order valence-electron chi connectivity index (χ4n) is 3.44. The quantitative estimate of drug-likeness (QED) is 0.790. The van der Waals surface area contributed by atoms with Crippen molar-refractivity contribution >= 4 is 22.9 Å². The van der Waals surface area contributed by atoms with E-state index in [0.717, 1.165) is 48.8 Å². The van der Waals surface area contributed by atoms with Crippen LogP contribution in [0.2, 0.25) is 0 Å². The molecule has 134 valence electrons. The Kier molecular flexibility index (Phi) is 4.39. The third-order valence-electron chi connectivity index (χ3n) is 5.00. The Morgan fingerprint density at radius 1 is 1.00 bits per heavy atom. The number of likely N-dealkylation sites (N-methyl/N-ethyl adjacent to an activating group) is 1. The molecule has 3 aromatic rings. The molecule has 1 aromatic carbocycles. The minimum absolute atomic E-state index is 0.0875. The van der Waals surface area contributed by atoms with Crippen LogP contribution in [0.15, 0.2) is 54.7 Å². The molecular weight excluding hydrogens is 324 g/mol. The highest BCUT2D eigenvalue weighted by Gasteiger charge is 2.17. The number of piperazine rings is 1. The number of hydrogen-bond acceptors (Lipinski definition) is 3. The zero-order valence-electron chi connectivity index (χ0n) is 15.3. The van der Waals surface area contributed by atoms with Gasteiger partial charge in [-0.3, -0.25) is 4.79 Å². The van der Waals surface area contributed by atoms with Crippen LogP contribution in [0.3, 0.4) is 0 Å². The fourth-order valence-corrected chi connectivity index (χ4v) is 3.44. The maximum absolute atomic E-state index is 12.7. The van der Waals surface area contributed by atoms with E-state index in [1.165, 1.54) is 0 Å². The molecule has 1 fully saturated rings. The summed E-state index contributed by atoms with van der Waals surface area (Å²) in [5.74, 6) is 1.06. The van der Waals surface area contributed by atoms with Crippen LogP contribution >= 0.6 is 0 Å². The Morgan fingerprint density at radius 2 is 1.77 bits per heavy atom. The van der Waals surface area contributed by atoms with Crippen LogP contribution in [0.5, 0.6) is 0 Å². The second-order valence-electron chi connectivity index (χ2n) is 7.02. The first kappa shape index (κ1) is 16.7. The number of pyridine rings is 1. The summed E-state index contributed by atoms with van der Waals surface area (Å²) in [6.07, 6.45) is 1.94. The van der Waals surface area contributed by atoms with Crippen molar-refractivity contribution in [3.63, 3.8) is 0 Å².